The normalized spacial score (nSPS) is 18.6. The van der Waals surface area contributed by atoms with E-state index in [2.05, 4.69) is 40.6 Å². The zero-order valence-electron chi connectivity index (χ0n) is 20.0. The maximum atomic E-state index is 13.2. The first kappa shape index (κ1) is 25.3. The summed E-state index contributed by atoms with van der Waals surface area (Å²) in [7, 11) is 0. The number of rotatable bonds is 5. The molecular formula is C28H29Cl2N3O2S. The number of amides is 2. The molecule has 3 heterocycles. The highest BCUT2D eigenvalue weighted by atomic mass is 35.5. The Bertz CT molecular complexity index is 1230. The largest absolute Gasteiger partial charge is 0.341 e. The van der Waals surface area contributed by atoms with Crippen molar-refractivity contribution in [3.05, 3.63) is 91.6 Å². The lowest BCUT2D eigenvalue weighted by Gasteiger charge is -2.36. The maximum Gasteiger partial charge on any atom is 0.255 e. The van der Waals surface area contributed by atoms with Crippen molar-refractivity contribution < 1.29 is 9.59 Å². The van der Waals surface area contributed by atoms with E-state index in [9.17, 15) is 9.59 Å². The Morgan fingerprint density at radius 3 is 2.50 bits per heavy atom. The van der Waals surface area contributed by atoms with Crippen LogP contribution in [-0.2, 0) is 11.2 Å². The van der Waals surface area contributed by atoms with Crippen LogP contribution < -0.4 is 0 Å². The van der Waals surface area contributed by atoms with Gasteiger partial charge in [-0.1, -0.05) is 53.5 Å². The van der Waals surface area contributed by atoms with Crippen LogP contribution in [0.15, 0.2) is 60.0 Å². The first-order valence-electron chi connectivity index (χ1n) is 12.4. The molecule has 0 unspecified atom stereocenters. The molecular weight excluding hydrogens is 513 g/mol. The van der Waals surface area contributed by atoms with Gasteiger partial charge in [-0.15, -0.1) is 11.3 Å². The number of hydrogen-bond acceptors (Lipinski definition) is 4. The van der Waals surface area contributed by atoms with Gasteiger partial charge < -0.3 is 9.80 Å². The van der Waals surface area contributed by atoms with Crippen LogP contribution in [0.1, 0.15) is 45.2 Å². The number of fused-ring (bicyclic) bond motifs is 1. The first-order chi connectivity index (χ1) is 17.5. The molecule has 1 aromatic heterocycles. The molecule has 0 saturated carbocycles. The van der Waals surface area contributed by atoms with E-state index in [1.54, 1.807) is 23.1 Å². The lowest BCUT2D eigenvalue weighted by molar-refractivity contribution is -0.131. The molecule has 2 aliphatic heterocycles. The summed E-state index contributed by atoms with van der Waals surface area (Å²) in [6.07, 6.45) is 2.25. The van der Waals surface area contributed by atoms with Crippen LogP contribution in [0, 0.1) is 0 Å². The molecule has 5 nitrogen and oxygen atoms in total. The van der Waals surface area contributed by atoms with Gasteiger partial charge in [0.05, 0.1) is 16.6 Å². The molecule has 0 radical (unpaired) electrons. The number of benzene rings is 2. The first-order valence-corrected chi connectivity index (χ1v) is 14.0. The molecule has 1 saturated heterocycles. The summed E-state index contributed by atoms with van der Waals surface area (Å²) in [6, 6.07) is 17.9. The Morgan fingerprint density at radius 2 is 1.69 bits per heavy atom. The molecule has 2 aliphatic rings. The summed E-state index contributed by atoms with van der Waals surface area (Å²) >= 11 is 14.1. The van der Waals surface area contributed by atoms with Gasteiger partial charge >= 0.3 is 0 Å². The molecule has 2 aromatic carbocycles. The second-order valence-corrected chi connectivity index (χ2v) is 11.1. The summed E-state index contributed by atoms with van der Waals surface area (Å²) in [4.78, 5) is 33.9. The molecule has 1 fully saturated rings. The number of halogens is 2. The molecule has 0 N–H and O–H groups in total. The third-order valence-electron chi connectivity index (χ3n) is 7.09. The van der Waals surface area contributed by atoms with Gasteiger partial charge in [0.1, 0.15) is 0 Å². The second kappa shape index (κ2) is 11.3. The minimum absolute atomic E-state index is 0.114. The van der Waals surface area contributed by atoms with Crippen molar-refractivity contribution in [3.8, 4) is 0 Å². The fraction of sp³-hybridized carbons (Fsp3) is 0.357. The Kier molecular flexibility index (Phi) is 7.96. The predicted molar refractivity (Wildman–Crippen MR) is 146 cm³/mol. The topological polar surface area (TPSA) is 43.9 Å². The number of hydrogen-bond donors (Lipinski definition) is 0. The molecule has 3 aromatic rings. The van der Waals surface area contributed by atoms with Crippen LogP contribution in [0.4, 0.5) is 0 Å². The van der Waals surface area contributed by atoms with Crippen molar-refractivity contribution >= 4 is 46.4 Å². The van der Waals surface area contributed by atoms with Crippen LogP contribution in [0.3, 0.4) is 0 Å². The monoisotopic (exact) mass is 541 g/mol. The highest BCUT2D eigenvalue weighted by Crippen LogP contribution is 2.37. The summed E-state index contributed by atoms with van der Waals surface area (Å²) in [5.74, 6) is 0.0355. The van der Waals surface area contributed by atoms with Crippen LogP contribution in [0.25, 0.3) is 0 Å². The quantitative estimate of drug-likeness (QED) is 0.412. The van der Waals surface area contributed by atoms with Gasteiger partial charge in [-0.05, 0) is 53.6 Å². The van der Waals surface area contributed by atoms with Crippen LogP contribution >= 0.6 is 34.5 Å². The van der Waals surface area contributed by atoms with E-state index in [-0.39, 0.29) is 17.9 Å². The zero-order chi connectivity index (χ0) is 25.1. The molecule has 8 heteroatoms. The third kappa shape index (κ3) is 5.47. The molecule has 2 amide bonds. The smallest absolute Gasteiger partial charge is 0.255 e. The van der Waals surface area contributed by atoms with Crippen molar-refractivity contribution in [2.75, 3.05) is 39.3 Å². The lowest BCUT2D eigenvalue weighted by Crippen LogP contribution is -2.40. The van der Waals surface area contributed by atoms with Crippen LogP contribution in [0.2, 0.25) is 10.0 Å². The van der Waals surface area contributed by atoms with E-state index >= 15 is 0 Å². The van der Waals surface area contributed by atoms with Gasteiger partial charge in [0.2, 0.25) is 5.91 Å². The van der Waals surface area contributed by atoms with Crippen molar-refractivity contribution in [2.24, 2.45) is 0 Å². The summed E-state index contributed by atoms with van der Waals surface area (Å²) < 4.78 is 0. The maximum absolute atomic E-state index is 13.2. The average molecular weight is 543 g/mol. The minimum atomic E-state index is -0.114. The molecule has 0 bridgehead atoms. The highest BCUT2D eigenvalue weighted by molar-refractivity contribution is 7.10. The standard InChI is InChI=1S/C28H29Cl2N3O2S/c29-21-7-8-22(24(30)19-21)28(35)33-13-4-12-31(16-17-33)26(34)10-15-32-14-9-25-23(11-18-36-25)27(32)20-5-2-1-3-6-20/h1-3,5-8,11,18-19,27H,4,9-10,12-17H2/t27-/m1/s1. The number of carbonyl (C=O) groups excluding carboxylic acids is 2. The van der Waals surface area contributed by atoms with E-state index in [1.807, 2.05) is 22.3 Å². The Morgan fingerprint density at radius 1 is 0.917 bits per heavy atom. The van der Waals surface area contributed by atoms with Crippen molar-refractivity contribution in [1.82, 2.24) is 14.7 Å². The molecule has 0 aliphatic carbocycles. The van der Waals surface area contributed by atoms with Crippen LogP contribution in [0.5, 0.6) is 0 Å². The van der Waals surface area contributed by atoms with E-state index in [0.717, 1.165) is 19.4 Å². The van der Waals surface area contributed by atoms with Gasteiger partial charge in [-0.25, -0.2) is 0 Å². The van der Waals surface area contributed by atoms with Gasteiger partial charge in [0.25, 0.3) is 5.91 Å². The van der Waals surface area contributed by atoms with E-state index in [1.165, 1.54) is 16.0 Å². The average Bonchev–Trinajstić information content (AvgIpc) is 3.22. The van der Waals surface area contributed by atoms with Crippen molar-refractivity contribution in [2.45, 2.75) is 25.3 Å². The Labute approximate surface area is 226 Å². The fourth-order valence-corrected chi connectivity index (χ4v) is 6.63. The number of thiophene rings is 1. The predicted octanol–water partition coefficient (Wildman–Crippen LogP) is 5.77. The van der Waals surface area contributed by atoms with Gasteiger partial charge in [0, 0.05) is 55.6 Å². The fourth-order valence-electron chi connectivity index (χ4n) is 5.24. The zero-order valence-corrected chi connectivity index (χ0v) is 22.4. The highest BCUT2D eigenvalue weighted by Gasteiger charge is 2.30. The SMILES string of the molecule is O=C(CCN1CCc2sccc2[C@H]1c1ccccc1)N1CCCN(C(=O)c2ccc(Cl)cc2Cl)CC1. The molecule has 0 spiro atoms. The van der Waals surface area contributed by atoms with E-state index in [4.69, 9.17) is 23.2 Å². The number of carbonyl (C=O) groups is 2. The van der Waals surface area contributed by atoms with Crippen molar-refractivity contribution in [1.29, 1.82) is 0 Å². The molecule has 36 heavy (non-hydrogen) atoms. The van der Waals surface area contributed by atoms with Gasteiger partial charge in [-0.3, -0.25) is 14.5 Å². The van der Waals surface area contributed by atoms with Crippen LogP contribution in [-0.4, -0.2) is 65.8 Å². The van der Waals surface area contributed by atoms with Gasteiger partial charge in [0.15, 0.2) is 0 Å². The summed E-state index contributed by atoms with van der Waals surface area (Å²) in [6.45, 7) is 3.96. The molecule has 5 rings (SSSR count). The molecule has 1 atom stereocenters. The minimum Gasteiger partial charge on any atom is -0.341 e. The summed E-state index contributed by atoms with van der Waals surface area (Å²) in [5.41, 5.74) is 3.09. The summed E-state index contributed by atoms with van der Waals surface area (Å²) in [5, 5.41) is 3.03. The van der Waals surface area contributed by atoms with Crippen molar-refractivity contribution in [3.63, 3.8) is 0 Å². The Balaban J connectivity index is 1.21. The third-order valence-corrected chi connectivity index (χ3v) is 8.64. The van der Waals surface area contributed by atoms with E-state index in [0.29, 0.717) is 54.8 Å². The van der Waals surface area contributed by atoms with Gasteiger partial charge in [-0.2, -0.15) is 0 Å². The Hall–Kier alpha value is -2.38. The lowest BCUT2D eigenvalue weighted by atomic mass is 9.93. The molecule has 188 valence electrons. The number of nitrogens with zero attached hydrogens (tertiary/aromatic N) is 3. The van der Waals surface area contributed by atoms with E-state index < -0.39 is 0 Å². The second-order valence-electron chi connectivity index (χ2n) is 9.30.